The third-order valence-corrected chi connectivity index (χ3v) is 5.15. The molecule has 0 saturated heterocycles. The van der Waals surface area contributed by atoms with Gasteiger partial charge in [0.2, 0.25) is 5.43 Å². The van der Waals surface area contributed by atoms with Gasteiger partial charge >= 0.3 is 6.03 Å². The molecule has 0 radical (unpaired) electrons. The van der Waals surface area contributed by atoms with Crippen molar-refractivity contribution in [2.75, 3.05) is 5.32 Å². The Hall–Kier alpha value is -2.84. The standard InChI is InChI=1S/C17H13ClN2O5S/c1-10-3-2-4-13-15(21)14(9-25-16(10)13)26(23,24)20-17(22)19-12-7-5-11(18)6-8-12/h2-9H,1H3,(H2,19,20,22). The fourth-order valence-electron chi connectivity index (χ4n) is 2.34. The maximum absolute atomic E-state index is 12.5. The van der Waals surface area contributed by atoms with Crippen molar-refractivity contribution < 1.29 is 17.6 Å². The number of nitrogens with one attached hydrogen (secondary N) is 2. The largest absolute Gasteiger partial charge is 0.462 e. The molecule has 3 rings (SSSR count). The van der Waals surface area contributed by atoms with Gasteiger partial charge in [0.05, 0.1) is 5.39 Å². The normalized spacial score (nSPS) is 11.3. The highest BCUT2D eigenvalue weighted by Crippen LogP contribution is 2.18. The van der Waals surface area contributed by atoms with E-state index in [9.17, 15) is 18.0 Å². The number of anilines is 1. The number of benzene rings is 2. The Kier molecular flexibility index (Phi) is 4.71. The van der Waals surface area contributed by atoms with Gasteiger partial charge in [-0.2, -0.15) is 0 Å². The van der Waals surface area contributed by atoms with Crippen molar-refractivity contribution >= 4 is 44.3 Å². The molecule has 2 aromatic carbocycles. The van der Waals surface area contributed by atoms with Crippen LogP contribution < -0.4 is 15.5 Å². The summed E-state index contributed by atoms with van der Waals surface area (Å²) in [5, 5.41) is 2.92. The molecule has 0 aliphatic heterocycles. The Morgan fingerprint density at radius 2 is 1.81 bits per heavy atom. The average molecular weight is 393 g/mol. The Bertz CT molecular complexity index is 1150. The van der Waals surface area contributed by atoms with Crippen molar-refractivity contribution in [2.24, 2.45) is 0 Å². The van der Waals surface area contributed by atoms with Crippen LogP contribution in [0.25, 0.3) is 11.0 Å². The Morgan fingerprint density at radius 3 is 2.50 bits per heavy atom. The zero-order valence-electron chi connectivity index (χ0n) is 13.4. The second-order valence-corrected chi connectivity index (χ2v) is 7.53. The highest BCUT2D eigenvalue weighted by Gasteiger charge is 2.23. The number of aryl methyl sites for hydroxylation is 1. The summed E-state index contributed by atoms with van der Waals surface area (Å²) in [4.78, 5) is 23.8. The van der Waals surface area contributed by atoms with Crippen LogP contribution in [-0.2, 0) is 10.0 Å². The summed E-state index contributed by atoms with van der Waals surface area (Å²) in [6.45, 7) is 1.73. The van der Waals surface area contributed by atoms with E-state index < -0.39 is 26.4 Å². The quantitative estimate of drug-likeness (QED) is 0.711. The summed E-state index contributed by atoms with van der Waals surface area (Å²) >= 11 is 5.74. The van der Waals surface area contributed by atoms with Crippen molar-refractivity contribution in [1.29, 1.82) is 0 Å². The van der Waals surface area contributed by atoms with Gasteiger partial charge in [0.25, 0.3) is 10.0 Å². The molecule has 1 heterocycles. The van der Waals surface area contributed by atoms with Crippen molar-refractivity contribution in [3.63, 3.8) is 0 Å². The summed E-state index contributed by atoms with van der Waals surface area (Å²) in [6, 6.07) is 9.86. The molecule has 7 nitrogen and oxygen atoms in total. The molecule has 2 amide bonds. The van der Waals surface area contributed by atoms with E-state index in [0.717, 1.165) is 6.26 Å². The van der Waals surface area contributed by atoms with Crippen LogP contribution in [0.5, 0.6) is 0 Å². The molecule has 0 spiro atoms. The molecule has 2 N–H and O–H groups in total. The van der Waals surface area contributed by atoms with Gasteiger partial charge < -0.3 is 9.73 Å². The van der Waals surface area contributed by atoms with Crippen LogP contribution in [0.3, 0.4) is 0 Å². The second kappa shape index (κ2) is 6.81. The van der Waals surface area contributed by atoms with E-state index in [4.69, 9.17) is 16.0 Å². The van der Waals surface area contributed by atoms with Gasteiger partial charge in [0.15, 0.2) is 4.90 Å². The first-order valence-electron chi connectivity index (χ1n) is 7.38. The van der Waals surface area contributed by atoms with E-state index >= 15 is 0 Å². The molecule has 0 unspecified atom stereocenters. The van der Waals surface area contributed by atoms with Crippen LogP contribution in [0.4, 0.5) is 10.5 Å². The van der Waals surface area contributed by atoms with E-state index in [1.807, 2.05) is 0 Å². The van der Waals surface area contributed by atoms with Gasteiger partial charge in [-0.1, -0.05) is 23.7 Å². The van der Waals surface area contributed by atoms with Crippen molar-refractivity contribution in [3.8, 4) is 0 Å². The molecule has 9 heteroatoms. The highest BCUT2D eigenvalue weighted by molar-refractivity contribution is 7.90. The van der Waals surface area contributed by atoms with Crippen LogP contribution in [0.1, 0.15) is 5.56 Å². The number of hydrogen-bond donors (Lipinski definition) is 2. The maximum Gasteiger partial charge on any atom is 0.333 e. The predicted molar refractivity (Wildman–Crippen MR) is 98.0 cm³/mol. The number of halogens is 1. The summed E-state index contributed by atoms with van der Waals surface area (Å²) < 4.78 is 31.8. The molecule has 26 heavy (non-hydrogen) atoms. The maximum atomic E-state index is 12.5. The monoisotopic (exact) mass is 392 g/mol. The third-order valence-electron chi connectivity index (χ3n) is 3.58. The lowest BCUT2D eigenvalue weighted by Gasteiger charge is -2.09. The molecular weight excluding hydrogens is 380 g/mol. The van der Waals surface area contributed by atoms with Crippen LogP contribution in [0.2, 0.25) is 5.02 Å². The number of carbonyl (C=O) groups excluding carboxylic acids is 1. The van der Waals surface area contributed by atoms with Gasteiger partial charge in [0, 0.05) is 10.7 Å². The second-order valence-electron chi connectivity index (χ2n) is 5.45. The molecular formula is C17H13ClN2O5S. The van der Waals surface area contributed by atoms with E-state index in [1.165, 1.54) is 30.3 Å². The van der Waals surface area contributed by atoms with Crippen molar-refractivity contribution in [3.05, 3.63) is 69.5 Å². The molecule has 3 aromatic rings. The lowest BCUT2D eigenvalue weighted by atomic mass is 10.1. The van der Waals surface area contributed by atoms with Crippen LogP contribution >= 0.6 is 11.6 Å². The molecule has 0 aliphatic rings. The number of urea groups is 1. The van der Waals surface area contributed by atoms with Gasteiger partial charge in [-0.3, -0.25) is 4.79 Å². The smallest absolute Gasteiger partial charge is 0.333 e. The summed E-state index contributed by atoms with van der Waals surface area (Å²) in [5.74, 6) is 0. The molecule has 0 bridgehead atoms. The molecule has 0 fully saturated rings. The zero-order valence-corrected chi connectivity index (χ0v) is 15.0. The Balaban J connectivity index is 1.89. The van der Waals surface area contributed by atoms with Crippen LogP contribution in [0.15, 0.2) is 62.8 Å². The highest BCUT2D eigenvalue weighted by atomic mass is 35.5. The topological polar surface area (TPSA) is 105 Å². The lowest BCUT2D eigenvalue weighted by molar-refractivity contribution is 0.256. The number of para-hydroxylation sites is 1. The molecule has 0 saturated carbocycles. The summed E-state index contributed by atoms with van der Waals surface area (Å²) in [7, 11) is -4.42. The van der Waals surface area contributed by atoms with Crippen LogP contribution in [-0.4, -0.2) is 14.4 Å². The minimum absolute atomic E-state index is 0.117. The third kappa shape index (κ3) is 3.56. The minimum atomic E-state index is -4.42. The molecule has 0 atom stereocenters. The predicted octanol–water partition coefficient (Wildman–Crippen LogP) is 3.27. The van der Waals surface area contributed by atoms with Gasteiger partial charge in [-0.05, 0) is 42.8 Å². The number of carbonyl (C=O) groups is 1. The number of rotatable bonds is 3. The average Bonchev–Trinajstić information content (AvgIpc) is 2.57. The van der Waals surface area contributed by atoms with E-state index in [2.05, 4.69) is 5.32 Å². The number of hydrogen-bond acceptors (Lipinski definition) is 5. The zero-order chi connectivity index (χ0) is 18.9. The van der Waals surface area contributed by atoms with E-state index in [0.29, 0.717) is 21.9 Å². The van der Waals surface area contributed by atoms with E-state index in [1.54, 1.807) is 23.8 Å². The van der Waals surface area contributed by atoms with Crippen molar-refractivity contribution in [2.45, 2.75) is 11.8 Å². The molecule has 1 aromatic heterocycles. The van der Waals surface area contributed by atoms with Gasteiger partial charge in [-0.15, -0.1) is 0 Å². The van der Waals surface area contributed by atoms with Crippen molar-refractivity contribution in [1.82, 2.24) is 4.72 Å². The Morgan fingerprint density at radius 1 is 1.12 bits per heavy atom. The molecule has 134 valence electrons. The first-order chi connectivity index (χ1) is 12.3. The SMILES string of the molecule is Cc1cccc2c(=O)c(S(=O)(=O)NC(=O)Nc3ccc(Cl)cc3)coc12. The fraction of sp³-hybridized carbons (Fsp3) is 0.0588. The molecule has 0 aliphatic carbocycles. The first-order valence-corrected chi connectivity index (χ1v) is 9.24. The first kappa shape index (κ1) is 18.0. The Labute approximate surface area is 153 Å². The number of fused-ring (bicyclic) bond motifs is 1. The number of amides is 2. The van der Waals surface area contributed by atoms with Crippen LogP contribution in [0, 0.1) is 6.92 Å². The van der Waals surface area contributed by atoms with Gasteiger partial charge in [0.1, 0.15) is 11.8 Å². The number of sulfonamides is 1. The summed E-state index contributed by atoms with van der Waals surface area (Å²) in [5.41, 5.74) is 0.573. The lowest BCUT2D eigenvalue weighted by Crippen LogP contribution is -2.36. The summed E-state index contributed by atoms with van der Waals surface area (Å²) in [6.07, 6.45) is 0.829. The van der Waals surface area contributed by atoms with Gasteiger partial charge in [-0.25, -0.2) is 17.9 Å². The fourth-order valence-corrected chi connectivity index (χ4v) is 3.40. The van der Waals surface area contributed by atoms with E-state index in [-0.39, 0.29) is 5.39 Å². The minimum Gasteiger partial charge on any atom is -0.462 e.